The smallest absolute Gasteiger partial charge is 0.412 e. The summed E-state index contributed by atoms with van der Waals surface area (Å²) in [7, 11) is 0. The van der Waals surface area contributed by atoms with Gasteiger partial charge in [-0.05, 0) is 50.1 Å². The summed E-state index contributed by atoms with van der Waals surface area (Å²) >= 11 is 0. The van der Waals surface area contributed by atoms with Crippen molar-refractivity contribution >= 4 is 18.1 Å². The molecule has 0 aliphatic rings. The normalized spacial score (nSPS) is 10.9. The highest BCUT2D eigenvalue weighted by atomic mass is 16.6. The lowest BCUT2D eigenvalue weighted by Gasteiger charge is -2.19. The van der Waals surface area contributed by atoms with E-state index in [1.54, 1.807) is 18.2 Å². The Balaban J connectivity index is 2.10. The third kappa shape index (κ3) is 4.45. The molecule has 2 aromatic rings. The van der Waals surface area contributed by atoms with E-state index >= 15 is 0 Å². The van der Waals surface area contributed by atoms with Gasteiger partial charge in [-0.25, -0.2) is 4.79 Å². The lowest BCUT2D eigenvalue weighted by molar-refractivity contribution is 0.0636. The summed E-state index contributed by atoms with van der Waals surface area (Å²) in [5, 5.41) is 2.68. The number of hydrogen-bond donors (Lipinski definition) is 1. The predicted molar refractivity (Wildman–Crippen MR) is 87.1 cm³/mol. The van der Waals surface area contributed by atoms with E-state index in [-0.39, 0.29) is 0 Å². The highest BCUT2D eigenvalue weighted by Gasteiger charge is 2.16. The number of rotatable bonds is 3. The van der Waals surface area contributed by atoms with Crippen LogP contribution in [0.3, 0.4) is 0 Å². The van der Waals surface area contributed by atoms with Crippen LogP contribution in [0.15, 0.2) is 48.5 Å². The van der Waals surface area contributed by atoms with E-state index in [1.807, 2.05) is 51.1 Å². The van der Waals surface area contributed by atoms with Crippen LogP contribution in [0.1, 0.15) is 31.1 Å². The summed E-state index contributed by atoms with van der Waals surface area (Å²) in [5.74, 6) is 0. The molecule has 0 fully saturated rings. The summed E-state index contributed by atoms with van der Waals surface area (Å²) in [6.07, 6.45) is 0.338. The van der Waals surface area contributed by atoms with Crippen LogP contribution in [0.5, 0.6) is 0 Å². The number of aldehydes is 1. The maximum absolute atomic E-state index is 11.7. The molecule has 4 heteroatoms. The molecule has 0 bridgehead atoms. The van der Waals surface area contributed by atoms with Crippen LogP contribution in [0.25, 0.3) is 11.1 Å². The molecule has 22 heavy (non-hydrogen) atoms. The average molecular weight is 297 g/mol. The zero-order valence-corrected chi connectivity index (χ0v) is 12.9. The number of anilines is 1. The topological polar surface area (TPSA) is 55.4 Å². The van der Waals surface area contributed by atoms with E-state index in [0.29, 0.717) is 11.3 Å². The fourth-order valence-corrected chi connectivity index (χ4v) is 1.96. The number of nitrogens with one attached hydrogen (secondary N) is 1. The van der Waals surface area contributed by atoms with Crippen molar-refractivity contribution in [3.8, 4) is 11.1 Å². The SMILES string of the molecule is CC(C)(C)OC(=O)Nc1ccc(-c2cccc(C=O)c2)cc1. The molecular weight excluding hydrogens is 278 g/mol. The van der Waals surface area contributed by atoms with Gasteiger partial charge in [-0.1, -0.05) is 30.3 Å². The van der Waals surface area contributed by atoms with Gasteiger partial charge in [0.05, 0.1) is 0 Å². The maximum Gasteiger partial charge on any atom is 0.412 e. The summed E-state index contributed by atoms with van der Waals surface area (Å²) in [4.78, 5) is 22.5. The van der Waals surface area contributed by atoms with Gasteiger partial charge in [0, 0.05) is 11.3 Å². The van der Waals surface area contributed by atoms with E-state index in [2.05, 4.69) is 5.32 Å². The molecule has 0 atom stereocenters. The second-order valence-electron chi connectivity index (χ2n) is 5.95. The average Bonchev–Trinajstić information content (AvgIpc) is 2.46. The van der Waals surface area contributed by atoms with E-state index in [4.69, 9.17) is 4.74 Å². The van der Waals surface area contributed by atoms with Gasteiger partial charge in [-0.3, -0.25) is 10.1 Å². The standard InChI is InChI=1S/C18H19NO3/c1-18(2,3)22-17(21)19-16-9-7-14(8-10-16)15-6-4-5-13(11-15)12-20/h4-12H,1-3H3,(H,19,21). The second kappa shape index (κ2) is 6.43. The Labute approximate surface area is 130 Å². The monoisotopic (exact) mass is 297 g/mol. The number of benzene rings is 2. The molecular formula is C18H19NO3. The molecule has 1 amide bonds. The van der Waals surface area contributed by atoms with Gasteiger partial charge >= 0.3 is 6.09 Å². The molecule has 0 aliphatic carbocycles. The Bertz CT molecular complexity index is 669. The lowest BCUT2D eigenvalue weighted by Crippen LogP contribution is -2.27. The van der Waals surface area contributed by atoms with Crippen LogP contribution < -0.4 is 5.32 Å². The third-order valence-corrected chi connectivity index (χ3v) is 2.89. The van der Waals surface area contributed by atoms with Gasteiger partial charge in [-0.2, -0.15) is 0 Å². The zero-order chi connectivity index (χ0) is 16.2. The second-order valence-corrected chi connectivity index (χ2v) is 5.95. The summed E-state index contributed by atoms with van der Waals surface area (Å²) in [5.41, 5.74) is 2.68. The summed E-state index contributed by atoms with van der Waals surface area (Å²) < 4.78 is 5.20. The molecule has 0 spiro atoms. The number of carbonyl (C=O) groups excluding carboxylic acids is 2. The molecule has 0 unspecified atom stereocenters. The highest BCUT2D eigenvalue weighted by molar-refractivity contribution is 5.85. The van der Waals surface area contributed by atoms with Gasteiger partial charge in [-0.15, -0.1) is 0 Å². The van der Waals surface area contributed by atoms with Gasteiger partial charge < -0.3 is 4.74 Å². The van der Waals surface area contributed by atoms with Crippen LogP contribution in [0.2, 0.25) is 0 Å². The van der Waals surface area contributed by atoms with Crippen LogP contribution in [0.4, 0.5) is 10.5 Å². The van der Waals surface area contributed by atoms with Crippen LogP contribution in [-0.4, -0.2) is 18.0 Å². The van der Waals surface area contributed by atoms with Crippen LogP contribution >= 0.6 is 0 Å². The molecule has 0 heterocycles. The minimum absolute atomic E-state index is 0.483. The first-order valence-electron chi connectivity index (χ1n) is 7.03. The van der Waals surface area contributed by atoms with Crippen molar-refractivity contribution in [2.75, 3.05) is 5.32 Å². The van der Waals surface area contributed by atoms with Crippen molar-refractivity contribution in [3.05, 3.63) is 54.1 Å². The maximum atomic E-state index is 11.7. The van der Waals surface area contributed by atoms with Gasteiger partial charge in [0.2, 0.25) is 0 Å². The molecule has 1 N–H and O–H groups in total. The summed E-state index contributed by atoms with van der Waals surface area (Å²) in [6, 6.07) is 14.7. The van der Waals surface area contributed by atoms with Gasteiger partial charge in [0.25, 0.3) is 0 Å². The van der Waals surface area contributed by atoms with Gasteiger partial charge in [0.15, 0.2) is 0 Å². The fraction of sp³-hybridized carbons (Fsp3) is 0.222. The molecule has 0 saturated heterocycles. The Kier molecular flexibility index (Phi) is 4.61. The van der Waals surface area contributed by atoms with E-state index in [0.717, 1.165) is 17.4 Å². The molecule has 0 aliphatic heterocycles. The van der Waals surface area contributed by atoms with Crippen molar-refractivity contribution in [2.24, 2.45) is 0 Å². The summed E-state index contributed by atoms with van der Waals surface area (Å²) in [6.45, 7) is 5.45. The molecule has 0 aromatic heterocycles. The molecule has 2 rings (SSSR count). The van der Waals surface area contributed by atoms with Crippen molar-refractivity contribution in [3.63, 3.8) is 0 Å². The third-order valence-electron chi connectivity index (χ3n) is 2.89. The van der Waals surface area contributed by atoms with Gasteiger partial charge in [0.1, 0.15) is 11.9 Å². The minimum atomic E-state index is -0.528. The first-order valence-corrected chi connectivity index (χ1v) is 7.03. The molecule has 4 nitrogen and oxygen atoms in total. The van der Waals surface area contributed by atoms with Crippen molar-refractivity contribution in [2.45, 2.75) is 26.4 Å². The highest BCUT2D eigenvalue weighted by Crippen LogP contribution is 2.22. The Morgan fingerprint density at radius 1 is 1.05 bits per heavy atom. The fourth-order valence-electron chi connectivity index (χ4n) is 1.96. The van der Waals surface area contributed by atoms with E-state index in [9.17, 15) is 9.59 Å². The first-order chi connectivity index (χ1) is 10.4. The van der Waals surface area contributed by atoms with Crippen LogP contribution in [0, 0.1) is 0 Å². The number of hydrogen-bond acceptors (Lipinski definition) is 3. The molecule has 114 valence electrons. The minimum Gasteiger partial charge on any atom is -0.444 e. The van der Waals surface area contributed by atoms with Crippen molar-refractivity contribution in [1.82, 2.24) is 0 Å². The van der Waals surface area contributed by atoms with Crippen molar-refractivity contribution < 1.29 is 14.3 Å². The van der Waals surface area contributed by atoms with Crippen molar-refractivity contribution in [1.29, 1.82) is 0 Å². The Hall–Kier alpha value is -2.62. The number of carbonyl (C=O) groups is 2. The number of ether oxygens (including phenoxy) is 1. The lowest BCUT2D eigenvalue weighted by atomic mass is 10.0. The molecule has 0 radical (unpaired) electrons. The Morgan fingerprint density at radius 3 is 2.32 bits per heavy atom. The molecule has 2 aromatic carbocycles. The number of amides is 1. The predicted octanol–water partition coefficient (Wildman–Crippen LogP) is 4.51. The Morgan fingerprint density at radius 2 is 1.73 bits per heavy atom. The largest absolute Gasteiger partial charge is 0.444 e. The quantitative estimate of drug-likeness (QED) is 0.848. The first kappa shape index (κ1) is 15.8. The van der Waals surface area contributed by atoms with Crippen LogP contribution in [-0.2, 0) is 4.74 Å². The van der Waals surface area contributed by atoms with E-state index < -0.39 is 11.7 Å². The molecule has 0 saturated carbocycles. The zero-order valence-electron chi connectivity index (χ0n) is 12.9. The van der Waals surface area contributed by atoms with E-state index in [1.165, 1.54) is 0 Å².